The molecule has 5 rings (SSSR count). The van der Waals surface area contributed by atoms with Gasteiger partial charge in [0.05, 0.1) is 35.9 Å². The minimum absolute atomic E-state index is 0.0845. The normalized spacial score (nSPS) is 16.7. The number of aliphatic hydroxyl groups excluding tert-OH is 1. The van der Waals surface area contributed by atoms with Crippen LogP contribution in [0.5, 0.6) is 17.2 Å². The molecule has 1 saturated heterocycles. The topological polar surface area (TPSA) is 125 Å². The molecule has 0 radical (unpaired) electrons. The van der Waals surface area contributed by atoms with Crippen molar-refractivity contribution in [1.29, 1.82) is 0 Å². The number of rotatable bonds is 8. The standard InChI is InChI=1S/C31H31N3O6/c1-5-39-25-15-20(9-13-24(25)35)27-26(28(36)19-7-10-21(11-8-19)40-16-17(2)3)29(37)30(38)34(27)31-32-22-12-6-18(4)14-23(22)33-31/h6-15,17,27,35-36H,5,16H2,1-4H3,(H,32,33)/b28-26+. The van der Waals surface area contributed by atoms with E-state index >= 15 is 0 Å². The quantitative estimate of drug-likeness (QED) is 0.150. The molecule has 0 aliphatic carbocycles. The Hall–Kier alpha value is -4.79. The number of aromatic amines is 1. The van der Waals surface area contributed by atoms with Gasteiger partial charge < -0.3 is 24.7 Å². The number of anilines is 1. The van der Waals surface area contributed by atoms with E-state index in [9.17, 15) is 19.8 Å². The molecule has 3 N–H and O–H groups in total. The van der Waals surface area contributed by atoms with Crippen molar-refractivity contribution < 1.29 is 29.3 Å². The summed E-state index contributed by atoms with van der Waals surface area (Å²) in [7, 11) is 0. The molecular weight excluding hydrogens is 510 g/mol. The minimum atomic E-state index is -1.04. The van der Waals surface area contributed by atoms with Gasteiger partial charge in [-0.3, -0.25) is 14.5 Å². The lowest BCUT2D eigenvalue weighted by Crippen LogP contribution is -2.30. The number of carbonyl (C=O) groups is 2. The summed E-state index contributed by atoms with van der Waals surface area (Å²) in [6, 6.07) is 15.9. The fraction of sp³-hybridized carbons (Fsp3) is 0.258. The molecule has 0 bridgehead atoms. The number of aryl methyl sites for hydroxylation is 1. The van der Waals surface area contributed by atoms with Crippen LogP contribution >= 0.6 is 0 Å². The molecule has 1 fully saturated rings. The number of aromatic nitrogens is 2. The van der Waals surface area contributed by atoms with E-state index in [1.165, 1.54) is 11.0 Å². The summed E-state index contributed by atoms with van der Waals surface area (Å²) in [4.78, 5) is 36.0. The molecular formula is C31H31N3O6. The first-order valence-corrected chi connectivity index (χ1v) is 13.1. The number of fused-ring (bicyclic) bond motifs is 1. The number of amides is 1. The van der Waals surface area contributed by atoms with Gasteiger partial charge in [-0.25, -0.2) is 4.98 Å². The van der Waals surface area contributed by atoms with Crippen molar-refractivity contribution in [2.24, 2.45) is 5.92 Å². The first-order chi connectivity index (χ1) is 19.2. The number of aliphatic hydroxyl groups is 1. The monoisotopic (exact) mass is 541 g/mol. The number of phenolic OH excluding ortho intramolecular Hbond substituents is 1. The first kappa shape index (κ1) is 26.8. The van der Waals surface area contributed by atoms with Gasteiger partial charge in [-0.1, -0.05) is 26.0 Å². The van der Waals surface area contributed by atoms with Crippen LogP contribution in [0.4, 0.5) is 5.95 Å². The van der Waals surface area contributed by atoms with Crippen LogP contribution in [0.2, 0.25) is 0 Å². The number of hydrogen-bond acceptors (Lipinski definition) is 7. The lowest BCUT2D eigenvalue weighted by atomic mass is 9.95. The largest absolute Gasteiger partial charge is 0.507 e. The maximum Gasteiger partial charge on any atom is 0.302 e. The molecule has 1 aliphatic heterocycles. The fourth-order valence-corrected chi connectivity index (χ4v) is 4.69. The maximum absolute atomic E-state index is 13.5. The summed E-state index contributed by atoms with van der Waals surface area (Å²) in [5.74, 6) is -0.793. The molecule has 1 aromatic heterocycles. The zero-order valence-electron chi connectivity index (χ0n) is 22.8. The molecule has 1 atom stereocenters. The fourth-order valence-electron chi connectivity index (χ4n) is 4.69. The van der Waals surface area contributed by atoms with E-state index < -0.39 is 17.7 Å². The molecule has 9 heteroatoms. The smallest absolute Gasteiger partial charge is 0.302 e. The molecule has 0 spiro atoms. The lowest BCUT2D eigenvalue weighted by Gasteiger charge is -2.23. The van der Waals surface area contributed by atoms with Crippen molar-refractivity contribution in [1.82, 2.24) is 9.97 Å². The third kappa shape index (κ3) is 4.98. The highest BCUT2D eigenvalue weighted by Crippen LogP contribution is 2.43. The van der Waals surface area contributed by atoms with Crippen LogP contribution in [-0.2, 0) is 9.59 Å². The SMILES string of the molecule is CCOc1cc(C2/C(=C(\O)c3ccc(OCC(C)C)cc3)C(=O)C(=O)N2c2nc3ccc(C)cc3[nH]2)ccc1O. The summed E-state index contributed by atoms with van der Waals surface area (Å²) in [5, 5.41) is 21.8. The van der Waals surface area contributed by atoms with Crippen molar-refractivity contribution in [2.45, 2.75) is 33.7 Å². The van der Waals surface area contributed by atoms with Gasteiger partial charge in [-0.2, -0.15) is 0 Å². The third-order valence-electron chi connectivity index (χ3n) is 6.61. The summed E-state index contributed by atoms with van der Waals surface area (Å²) in [6.45, 7) is 8.65. The van der Waals surface area contributed by atoms with E-state index in [-0.39, 0.29) is 28.8 Å². The van der Waals surface area contributed by atoms with Gasteiger partial charge >= 0.3 is 5.91 Å². The number of benzene rings is 3. The number of ether oxygens (including phenoxy) is 2. The van der Waals surface area contributed by atoms with Gasteiger partial charge in [-0.05, 0) is 79.4 Å². The number of carbonyl (C=O) groups excluding carboxylic acids is 2. The average molecular weight is 542 g/mol. The van der Waals surface area contributed by atoms with Gasteiger partial charge in [-0.15, -0.1) is 0 Å². The van der Waals surface area contributed by atoms with Gasteiger partial charge in [0.25, 0.3) is 5.78 Å². The highest BCUT2D eigenvalue weighted by atomic mass is 16.5. The van der Waals surface area contributed by atoms with E-state index in [1.54, 1.807) is 43.3 Å². The molecule has 1 aliphatic rings. The van der Waals surface area contributed by atoms with Crippen LogP contribution in [0.15, 0.2) is 66.2 Å². The zero-order valence-corrected chi connectivity index (χ0v) is 22.8. The number of aromatic hydroxyl groups is 1. The van der Waals surface area contributed by atoms with Crippen molar-refractivity contribution in [3.8, 4) is 17.2 Å². The number of nitrogens with zero attached hydrogens (tertiary/aromatic N) is 2. The molecule has 0 saturated carbocycles. The second-order valence-corrected chi connectivity index (χ2v) is 10.1. The van der Waals surface area contributed by atoms with Crippen LogP contribution in [0.25, 0.3) is 16.8 Å². The Labute approximate surface area is 231 Å². The molecule has 1 unspecified atom stereocenters. The number of Topliss-reactive ketones (excluding diaryl/α,β-unsaturated/α-hetero) is 1. The van der Waals surface area contributed by atoms with Crippen LogP contribution < -0.4 is 14.4 Å². The van der Waals surface area contributed by atoms with Crippen LogP contribution in [0, 0.1) is 12.8 Å². The van der Waals surface area contributed by atoms with E-state index in [2.05, 4.69) is 9.97 Å². The van der Waals surface area contributed by atoms with Gasteiger partial charge in [0.2, 0.25) is 5.95 Å². The number of imidazole rings is 1. The Balaban J connectivity index is 1.65. The molecule has 9 nitrogen and oxygen atoms in total. The van der Waals surface area contributed by atoms with E-state index in [1.807, 2.05) is 39.0 Å². The van der Waals surface area contributed by atoms with Crippen LogP contribution in [0.3, 0.4) is 0 Å². The first-order valence-electron chi connectivity index (χ1n) is 13.1. The van der Waals surface area contributed by atoms with Crippen LogP contribution in [-0.4, -0.2) is 45.1 Å². The Morgan fingerprint density at radius 3 is 2.50 bits per heavy atom. The predicted molar refractivity (Wildman–Crippen MR) is 152 cm³/mol. The van der Waals surface area contributed by atoms with Crippen molar-refractivity contribution in [3.63, 3.8) is 0 Å². The van der Waals surface area contributed by atoms with Crippen molar-refractivity contribution >= 4 is 34.4 Å². The molecule has 206 valence electrons. The molecule has 3 aromatic carbocycles. The second kappa shape index (κ2) is 10.8. The Bertz CT molecular complexity index is 1620. The number of phenols is 1. The minimum Gasteiger partial charge on any atom is -0.507 e. The second-order valence-electron chi connectivity index (χ2n) is 10.1. The number of hydrogen-bond donors (Lipinski definition) is 3. The van der Waals surface area contributed by atoms with E-state index in [0.29, 0.717) is 47.0 Å². The number of H-pyrrole nitrogens is 1. The number of ketones is 1. The van der Waals surface area contributed by atoms with E-state index in [0.717, 1.165) is 5.56 Å². The Kier molecular flexibility index (Phi) is 7.21. The molecule has 2 heterocycles. The molecule has 4 aromatic rings. The lowest BCUT2D eigenvalue weighted by molar-refractivity contribution is -0.132. The van der Waals surface area contributed by atoms with Gasteiger partial charge in [0.15, 0.2) is 11.5 Å². The Morgan fingerprint density at radius 2 is 1.80 bits per heavy atom. The van der Waals surface area contributed by atoms with Crippen LogP contribution in [0.1, 0.15) is 43.5 Å². The summed E-state index contributed by atoms with van der Waals surface area (Å²) >= 11 is 0. The zero-order chi connectivity index (χ0) is 28.6. The van der Waals surface area contributed by atoms with Crippen molar-refractivity contribution in [2.75, 3.05) is 18.1 Å². The number of nitrogens with one attached hydrogen (secondary N) is 1. The van der Waals surface area contributed by atoms with Gasteiger partial charge in [0.1, 0.15) is 11.5 Å². The van der Waals surface area contributed by atoms with E-state index in [4.69, 9.17) is 9.47 Å². The maximum atomic E-state index is 13.5. The predicted octanol–water partition coefficient (Wildman–Crippen LogP) is 5.64. The molecule has 1 amide bonds. The summed E-state index contributed by atoms with van der Waals surface area (Å²) in [6.07, 6.45) is 0. The highest BCUT2D eigenvalue weighted by molar-refractivity contribution is 6.51. The Morgan fingerprint density at radius 1 is 1.05 bits per heavy atom. The average Bonchev–Trinajstić information content (AvgIpc) is 3.46. The van der Waals surface area contributed by atoms with Gasteiger partial charge in [0, 0.05) is 5.56 Å². The summed E-state index contributed by atoms with van der Waals surface area (Å²) in [5.41, 5.74) is 3.03. The van der Waals surface area contributed by atoms with Crippen molar-refractivity contribution in [3.05, 3.63) is 82.9 Å². The molecule has 40 heavy (non-hydrogen) atoms. The third-order valence-corrected chi connectivity index (χ3v) is 6.61. The highest BCUT2D eigenvalue weighted by Gasteiger charge is 2.48. The summed E-state index contributed by atoms with van der Waals surface area (Å²) < 4.78 is 11.3.